The smallest absolute Gasteiger partial charge is 0.249 e. The average Bonchev–Trinajstić information content (AvgIpc) is 2.71. The fourth-order valence-electron chi connectivity index (χ4n) is 4.25. The van der Waals surface area contributed by atoms with Crippen LogP contribution in [0.2, 0.25) is 0 Å². The van der Waals surface area contributed by atoms with Crippen LogP contribution in [-0.2, 0) is 4.79 Å². The Balaban J connectivity index is 1.91. The monoisotopic (exact) mass is 306 g/mol. The van der Waals surface area contributed by atoms with Crippen molar-refractivity contribution in [2.24, 2.45) is 11.8 Å². The number of carbonyl (C=O) groups is 1. The summed E-state index contributed by atoms with van der Waals surface area (Å²) in [4.78, 5) is 13.2. The lowest BCUT2D eigenvalue weighted by Gasteiger charge is -2.31. The summed E-state index contributed by atoms with van der Waals surface area (Å²) in [5.74, 6) is 6.57. The highest BCUT2D eigenvalue weighted by Crippen LogP contribution is 2.45. The molecule has 4 rings (SSSR count). The highest BCUT2D eigenvalue weighted by Gasteiger charge is 2.37. The summed E-state index contributed by atoms with van der Waals surface area (Å²) >= 11 is 0. The maximum absolute atomic E-state index is 13.2. The Labute approximate surface area is 137 Å². The van der Waals surface area contributed by atoms with E-state index < -0.39 is 0 Å². The normalized spacial score (nSPS) is 21.5. The van der Waals surface area contributed by atoms with Gasteiger partial charge in [0.25, 0.3) is 0 Å². The number of rotatable bonds is 1. The van der Waals surface area contributed by atoms with Crippen molar-refractivity contribution in [3.05, 3.63) is 54.1 Å². The van der Waals surface area contributed by atoms with Crippen LogP contribution in [0.15, 0.2) is 48.5 Å². The molecule has 118 valence electrons. The second-order valence-corrected chi connectivity index (χ2v) is 6.69. The largest absolute Gasteiger partial charge is 0.272 e. The Kier molecular flexibility index (Phi) is 3.66. The molecule has 1 saturated carbocycles. The van der Waals surface area contributed by atoms with Crippen LogP contribution in [0.4, 0.5) is 5.69 Å². The van der Waals surface area contributed by atoms with E-state index in [2.05, 4.69) is 18.2 Å². The molecule has 1 aliphatic carbocycles. The number of hydrogen-bond donors (Lipinski definition) is 1. The molecule has 0 spiro atoms. The Hall–Kier alpha value is -2.13. The zero-order valence-electron chi connectivity index (χ0n) is 13.2. The predicted molar refractivity (Wildman–Crippen MR) is 92.9 cm³/mol. The fraction of sp³-hybridized carbons (Fsp3) is 0.350. The second kappa shape index (κ2) is 5.82. The predicted octanol–water partition coefficient (Wildman–Crippen LogP) is 4.24. The van der Waals surface area contributed by atoms with E-state index in [4.69, 9.17) is 5.84 Å². The first-order valence-corrected chi connectivity index (χ1v) is 8.54. The fourth-order valence-corrected chi connectivity index (χ4v) is 4.25. The lowest BCUT2D eigenvalue weighted by molar-refractivity contribution is -0.121. The van der Waals surface area contributed by atoms with E-state index in [-0.39, 0.29) is 11.8 Å². The van der Waals surface area contributed by atoms with Gasteiger partial charge in [0.2, 0.25) is 5.91 Å². The van der Waals surface area contributed by atoms with E-state index in [0.29, 0.717) is 5.92 Å². The van der Waals surface area contributed by atoms with Crippen molar-refractivity contribution in [3.63, 3.8) is 0 Å². The summed E-state index contributed by atoms with van der Waals surface area (Å²) in [6, 6.07) is 16.3. The molecule has 0 aromatic heterocycles. The first kappa shape index (κ1) is 14.5. The van der Waals surface area contributed by atoms with Crippen LogP contribution >= 0.6 is 0 Å². The summed E-state index contributed by atoms with van der Waals surface area (Å²) in [5.41, 5.74) is 4.16. The number of amides is 1. The molecular weight excluding hydrogens is 284 g/mol. The van der Waals surface area contributed by atoms with Crippen molar-refractivity contribution >= 4 is 11.6 Å². The van der Waals surface area contributed by atoms with E-state index >= 15 is 0 Å². The quantitative estimate of drug-likeness (QED) is 0.633. The van der Waals surface area contributed by atoms with Gasteiger partial charge in [-0.3, -0.25) is 4.79 Å². The minimum atomic E-state index is -0.121. The van der Waals surface area contributed by atoms with Gasteiger partial charge in [-0.2, -0.15) is 0 Å². The molecule has 1 atom stereocenters. The second-order valence-electron chi connectivity index (χ2n) is 6.69. The summed E-state index contributed by atoms with van der Waals surface area (Å²) < 4.78 is 0. The van der Waals surface area contributed by atoms with E-state index in [1.807, 2.05) is 30.3 Å². The minimum Gasteiger partial charge on any atom is -0.272 e. The van der Waals surface area contributed by atoms with E-state index in [1.54, 1.807) is 0 Å². The third-order valence-corrected chi connectivity index (χ3v) is 5.37. The number of carbonyl (C=O) groups excluding carboxylic acids is 1. The number of fused-ring (bicyclic) bond motifs is 3. The van der Waals surface area contributed by atoms with Crippen molar-refractivity contribution in [2.45, 2.75) is 38.0 Å². The maximum Gasteiger partial charge on any atom is 0.249 e. The van der Waals surface area contributed by atoms with Crippen molar-refractivity contribution < 1.29 is 4.79 Å². The summed E-state index contributed by atoms with van der Waals surface area (Å²) in [7, 11) is 0. The number of hydrogen-bond acceptors (Lipinski definition) is 2. The minimum absolute atomic E-state index is 0.0364. The van der Waals surface area contributed by atoms with Crippen LogP contribution in [0.1, 0.15) is 43.6 Å². The van der Waals surface area contributed by atoms with Crippen molar-refractivity contribution in [1.82, 2.24) is 0 Å². The summed E-state index contributed by atoms with van der Waals surface area (Å²) in [5, 5.41) is 1.38. The number of nitrogens with two attached hydrogens (primary N) is 1. The van der Waals surface area contributed by atoms with Gasteiger partial charge in [-0.25, -0.2) is 10.9 Å². The van der Waals surface area contributed by atoms with Crippen LogP contribution in [0.25, 0.3) is 11.1 Å². The molecule has 0 radical (unpaired) electrons. The molecule has 2 N–H and O–H groups in total. The molecule has 1 fully saturated rings. The first-order chi connectivity index (χ1) is 11.3. The third kappa shape index (κ3) is 2.36. The molecule has 2 aromatic carbocycles. The van der Waals surface area contributed by atoms with Gasteiger partial charge in [0, 0.05) is 5.56 Å². The van der Waals surface area contributed by atoms with E-state index in [9.17, 15) is 4.79 Å². The van der Waals surface area contributed by atoms with E-state index in [0.717, 1.165) is 35.2 Å². The van der Waals surface area contributed by atoms with Gasteiger partial charge in [0.1, 0.15) is 0 Å². The maximum atomic E-state index is 13.2. The Bertz CT molecular complexity index is 734. The number of anilines is 1. The number of hydrazine groups is 1. The SMILES string of the molecule is NN1C(=O)C(C2CCCCC2)c2ccccc2-c2ccccc21. The van der Waals surface area contributed by atoms with Gasteiger partial charge >= 0.3 is 0 Å². The Morgan fingerprint density at radius 2 is 1.52 bits per heavy atom. The van der Waals surface area contributed by atoms with Gasteiger partial charge in [0.05, 0.1) is 11.6 Å². The highest BCUT2D eigenvalue weighted by molar-refractivity contribution is 6.04. The molecular formula is C20H22N2O. The van der Waals surface area contributed by atoms with Gasteiger partial charge in [-0.15, -0.1) is 0 Å². The van der Waals surface area contributed by atoms with Gasteiger partial charge < -0.3 is 0 Å². The van der Waals surface area contributed by atoms with Crippen LogP contribution < -0.4 is 10.9 Å². The van der Waals surface area contributed by atoms with Crippen LogP contribution in [-0.4, -0.2) is 5.91 Å². The average molecular weight is 306 g/mol. The molecule has 1 unspecified atom stereocenters. The molecule has 0 bridgehead atoms. The van der Waals surface area contributed by atoms with Crippen molar-refractivity contribution in [2.75, 3.05) is 5.01 Å². The summed E-state index contributed by atoms with van der Waals surface area (Å²) in [6.45, 7) is 0. The molecule has 2 aromatic rings. The number of nitrogens with zero attached hydrogens (tertiary/aromatic N) is 1. The lowest BCUT2D eigenvalue weighted by atomic mass is 9.75. The van der Waals surface area contributed by atoms with Crippen molar-refractivity contribution in [1.29, 1.82) is 0 Å². The third-order valence-electron chi connectivity index (χ3n) is 5.37. The van der Waals surface area contributed by atoms with Gasteiger partial charge in [-0.05, 0) is 36.0 Å². The Morgan fingerprint density at radius 1 is 0.870 bits per heavy atom. The zero-order valence-corrected chi connectivity index (χ0v) is 13.2. The molecule has 1 heterocycles. The highest BCUT2D eigenvalue weighted by atomic mass is 16.2. The summed E-state index contributed by atoms with van der Waals surface area (Å²) in [6.07, 6.45) is 5.96. The zero-order chi connectivity index (χ0) is 15.8. The molecule has 3 heteroatoms. The van der Waals surface area contributed by atoms with Crippen LogP contribution in [0, 0.1) is 5.92 Å². The molecule has 1 amide bonds. The van der Waals surface area contributed by atoms with Crippen LogP contribution in [0.3, 0.4) is 0 Å². The standard InChI is InChI=1S/C20H22N2O/c21-22-18-13-7-6-11-16(18)15-10-4-5-12-17(15)19(20(22)23)14-8-2-1-3-9-14/h4-7,10-14,19H,1-3,8-9,21H2. The van der Waals surface area contributed by atoms with Gasteiger partial charge in [-0.1, -0.05) is 61.7 Å². The van der Waals surface area contributed by atoms with Crippen molar-refractivity contribution in [3.8, 4) is 11.1 Å². The Morgan fingerprint density at radius 3 is 2.30 bits per heavy atom. The number of benzene rings is 2. The van der Waals surface area contributed by atoms with Crippen LogP contribution in [0.5, 0.6) is 0 Å². The molecule has 23 heavy (non-hydrogen) atoms. The molecule has 0 saturated heterocycles. The van der Waals surface area contributed by atoms with E-state index in [1.165, 1.54) is 24.3 Å². The first-order valence-electron chi connectivity index (χ1n) is 8.54. The lowest BCUT2D eigenvalue weighted by Crippen LogP contribution is -2.42. The molecule has 3 nitrogen and oxygen atoms in total. The molecule has 1 aliphatic heterocycles. The molecule has 2 aliphatic rings. The van der Waals surface area contributed by atoms with Gasteiger partial charge in [0.15, 0.2) is 0 Å². The topological polar surface area (TPSA) is 46.3 Å². The number of para-hydroxylation sites is 1.